The van der Waals surface area contributed by atoms with Gasteiger partial charge in [-0.25, -0.2) is 0 Å². The van der Waals surface area contributed by atoms with E-state index in [-0.39, 0.29) is 18.0 Å². The van der Waals surface area contributed by atoms with E-state index in [0.29, 0.717) is 6.42 Å². The average molecular weight is 250 g/mol. The Morgan fingerprint density at radius 3 is 2.83 bits per heavy atom. The van der Waals surface area contributed by atoms with Crippen LogP contribution in [0.2, 0.25) is 0 Å². The molecule has 18 heavy (non-hydrogen) atoms. The van der Waals surface area contributed by atoms with Gasteiger partial charge in [0.15, 0.2) is 0 Å². The molecule has 0 aliphatic heterocycles. The fraction of sp³-hybridized carbons (Fsp3) is 0.500. The van der Waals surface area contributed by atoms with Gasteiger partial charge >= 0.3 is 0 Å². The maximum Gasteiger partial charge on any atom is 0.222 e. The Bertz CT molecular complexity index is 393. The molecule has 1 rings (SSSR count). The summed E-state index contributed by atoms with van der Waals surface area (Å²) in [5.41, 5.74) is 6.77. The molecule has 0 saturated heterocycles. The van der Waals surface area contributed by atoms with Crippen LogP contribution >= 0.6 is 0 Å². The smallest absolute Gasteiger partial charge is 0.222 e. The van der Waals surface area contributed by atoms with Crippen LogP contribution in [0.4, 0.5) is 0 Å². The molecule has 0 radical (unpaired) electrons. The van der Waals surface area contributed by atoms with Gasteiger partial charge in [-0.15, -0.1) is 0 Å². The van der Waals surface area contributed by atoms with E-state index in [1.165, 1.54) is 0 Å². The number of rotatable bonds is 6. The molecule has 0 fully saturated rings. The Labute approximate surface area is 109 Å². The van der Waals surface area contributed by atoms with Gasteiger partial charge in [-0.3, -0.25) is 4.79 Å². The number of nitrogens with one attached hydrogen (secondary N) is 1. The molecule has 0 aliphatic rings. The Morgan fingerprint density at radius 1 is 1.50 bits per heavy atom. The predicted octanol–water partition coefficient (Wildman–Crippen LogP) is 2.00. The van der Waals surface area contributed by atoms with Gasteiger partial charge in [0.25, 0.3) is 0 Å². The summed E-state index contributed by atoms with van der Waals surface area (Å²) in [6.45, 7) is 3.92. The molecule has 3 N–H and O–H groups in total. The first kappa shape index (κ1) is 14.5. The lowest BCUT2D eigenvalue weighted by Crippen LogP contribution is -2.32. The van der Waals surface area contributed by atoms with Crippen molar-refractivity contribution in [1.29, 1.82) is 0 Å². The Balaban J connectivity index is 2.58. The molecule has 0 heterocycles. The van der Waals surface area contributed by atoms with Crippen LogP contribution in [0.1, 0.15) is 38.3 Å². The highest BCUT2D eigenvalue weighted by atomic mass is 16.5. The van der Waals surface area contributed by atoms with E-state index in [0.717, 1.165) is 17.7 Å². The van der Waals surface area contributed by atoms with E-state index in [9.17, 15) is 4.79 Å². The molecular formula is C14H22N2O2. The fourth-order valence-corrected chi connectivity index (χ4v) is 1.68. The van der Waals surface area contributed by atoms with Gasteiger partial charge in [0, 0.05) is 12.5 Å². The van der Waals surface area contributed by atoms with Crippen molar-refractivity contribution in [3.8, 4) is 5.75 Å². The van der Waals surface area contributed by atoms with Crippen molar-refractivity contribution in [2.24, 2.45) is 5.73 Å². The Kier molecular flexibility index (Phi) is 5.65. The Morgan fingerprint density at radius 2 is 2.22 bits per heavy atom. The number of carbonyl (C=O) groups is 1. The molecule has 100 valence electrons. The summed E-state index contributed by atoms with van der Waals surface area (Å²) in [6.07, 6.45) is 1.17. The van der Waals surface area contributed by atoms with Crippen molar-refractivity contribution >= 4 is 5.91 Å². The van der Waals surface area contributed by atoms with E-state index in [4.69, 9.17) is 10.5 Å². The monoisotopic (exact) mass is 250 g/mol. The van der Waals surface area contributed by atoms with Gasteiger partial charge in [0.2, 0.25) is 5.91 Å². The maximum absolute atomic E-state index is 11.7. The highest BCUT2D eigenvalue weighted by Gasteiger charge is 2.12. The second kappa shape index (κ2) is 7.01. The Hall–Kier alpha value is -1.55. The minimum atomic E-state index is -0.0671. The molecule has 0 saturated carbocycles. The summed E-state index contributed by atoms with van der Waals surface area (Å²) < 4.78 is 5.16. The van der Waals surface area contributed by atoms with Crippen molar-refractivity contribution in [1.82, 2.24) is 5.32 Å². The highest BCUT2D eigenvalue weighted by molar-refractivity contribution is 5.77. The predicted molar refractivity (Wildman–Crippen MR) is 72.4 cm³/mol. The number of benzene rings is 1. The summed E-state index contributed by atoms with van der Waals surface area (Å²) in [5.74, 6) is 0.776. The number of carbonyl (C=O) groups excluding carboxylic acids is 1. The molecule has 0 aliphatic carbocycles. The van der Waals surface area contributed by atoms with Crippen molar-refractivity contribution < 1.29 is 9.53 Å². The van der Waals surface area contributed by atoms with Crippen LogP contribution in [-0.4, -0.2) is 19.1 Å². The zero-order valence-corrected chi connectivity index (χ0v) is 11.3. The number of nitrogens with two attached hydrogens (primary N) is 1. The summed E-state index contributed by atoms with van der Waals surface area (Å²) >= 11 is 0. The van der Waals surface area contributed by atoms with Gasteiger partial charge in [0.1, 0.15) is 5.75 Å². The van der Waals surface area contributed by atoms with Crippen LogP contribution < -0.4 is 15.8 Å². The van der Waals surface area contributed by atoms with Gasteiger partial charge < -0.3 is 15.8 Å². The summed E-state index contributed by atoms with van der Waals surface area (Å²) in [7, 11) is 1.63. The molecule has 1 unspecified atom stereocenters. The normalized spacial score (nSPS) is 13.8. The van der Waals surface area contributed by atoms with E-state index in [1.54, 1.807) is 7.11 Å². The molecule has 0 spiro atoms. The van der Waals surface area contributed by atoms with Crippen molar-refractivity contribution in [3.05, 3.63) is 29.8 Å². The van der Waals surface area contributed by atoms with Crippen molar-refractivity contribution in [3.63, 3.8) is 0 Å². The standard InChI is InChI=1S/C14H22N2O2/c1-4-12(15)9-14(17)16-10(2)11-6-5-7-13(8-11)18-3/h5-8,10,12H,4,9,15H2,1-3H3,(H,16,17)/t10-,12?/m1/s1. The molecule has 0 aromatic heterocycles. The summed E-state index contributed by atoms with van der Waals surface area (Å²) in [6, 6.07) is 7.57. The number of methoxy groups -OCH3 is 1. The largest absolute Gasteiger partial charge is 0.497 e. The van der Waals surface area contributed by atoms with E-state index < -0.39 is 0 Å². The molecular weight excluding hydrogens is 228 g/mol. The molecule has 4 heteroatoms. The maximum atomic E-state index is 11.7. The van der Waals surface area contributed by atoms with Crippen LogP contribution in [0, 0.1) is 0 Å². The minimum Gasteiger partial charge on any atom is -0.497 e. The van der Waals surface area contributed by atoms with Gasteiger partial charge in [0.05, 0.1) is 13.2 Å². The lowest BCUT2D eigenvalue weighted by atomic mass is 10.1. The quantitative estimate of drug-likeness (QED) is 0.811. The van der Waals surface area contributed by atoms with Crippen molar-refractivity contribution in [2.45, 2.75) is 38.8 Å². The fourth-order valence-electron chi connectivity index (χ4n) is 1.68. The first-order valence-electron chi connectivity index (χ1n) is 6.25. The second-order valence-electron chi connectivity index (χ2n) is 4.44. The molecule has 1 amide bonds. The topological polar surface area (TPSA) is 64.4 Å². The van der Waals surface area contributed by atoms with Crippen LogP contribution in [0.15, 0.2) is 24.3 Å². The lowest BCUT2D eigenvalue weighted by molar-refractivity contribution is -0.122. The highest BCUT2D eigenvalue weighted by Crippen LogP contribution is 2.18. The lowest BCUT2D eigenvalue weighted by Gasteiger charge is -2.16. The zero-order chi connectivity index (χ0) is 13.5. The molecule has 1 aromatic carbocycles. The number of amides is 1. The first-order valence-corrected chi connectivity index (χ1v) is 6.25. The molecule has 2 atom stereocenters. The van der Waals surface area contributed by atoms with E-state index in [1.807, 2.05) is 38.1 Å². The van der Waals surface area contributed by atoms with Gasteiger partial charge in [-0.2, -0.15) is 0 Å². The minimum absolute atomic E-state index is 0.0142. The van der Waals surface area contributed by atoms with Gasteiger partial charge in [-0.1, -0.05) is 19.1 Å². The third-order valence-corrected chi connectivity index (χ3v) is 2.94. The van der Waals surface area contributed by atoms with Crippen LogP contribution in [0.25, 0.3) is 0 Å². The van der Waals surface area contributed by atoms with Crippen molar-refractivity contribution in [2.75, 3.05) is 7.11 Å². The van der Waals surface area contributed by atoms with Gasteiger partial charge in [-0.05, 0) is 31.0 Å². The molecule has 0 bridgehead atoms. The molecule has 1 aromatic rings. The van der Waals surface area contributed by atoms with E-state index in [2.05, 4.69) is 5.32 Å². The summed E-state index contributed by atoms with van der Waals surface area (Å²) in [5, 5.41) is 2.94. The zero-order valence-electron chi connectivity index (χ0n) is 11.3. The third kappa shape index (κ3) is 4.37. The van der Waals surface area contributed by atoms with Crippen LogP contribution in [0.5, 0.6) is 5.75 Å². The number of hydrogen-bond donors (Lipinski definition) is 2. The third-order valence-electron chi connectivity index (χ3n) is 2.94. The second-order valence-corrected chi connectivity index (χ2v) is 4.44. The average Bonchev–Trinajstić information content (AvgIpc) is 2.38. The first-order chi connectivity index (χ1) is 8.56. The summed E-state index contributed by atoms with van der Waals surface area (Å²) in [4.78, 5) is 11.7. The van der Waals surface area contributed by atoms with Crippen LogP contribution in [0.3, 0.4) is 0 Å². The number of hydrogen-bond acceptors (Lipinski definition) is 3. The number of ether oxygens (including phenoxy) is 1. The van der Waals surface area contributed by atoms with Crippen LogP contribution in [-0.2, 0) is 4.79 Å². The SMILES string of the molecule is CCC(N)CC(=O)N[C@H](C)c1cccc(OC)c1. The van der Waals surface area contributed by atoms with E-state index >= 15 is 0 Å². The molecule has 4 nitrogen and oxygen atoms in total.